The fraction of sp³-hybridized carbons (Fsp3) is 0.0455. The lowest BCUT2D eigenvalue weighted by Gasteiger charge is -2.11. The van der Waals surface area contributed by atoms with Gasteiger partial charge in [0.05, 0.1) is 11.4 Å². The molecule has 0 aliphatic heterocycles. The number of pyridine rings is 1. The molecule has 4 rings (SSSR count). The molecule has 2 heterocycles. The quantitative estimate of drug-likeness (QED) is 0.276. The van der Waals surface area contributed by atoms with Gasteiger partial charge in [0.15, 0.2) is 5.71 Å². The zero-order valence-corrected chi connectivity index (χ0v) is 17.2. The van der Waals surface area contributed by atoms with Gasteiger partial charge in [-0.25, -0.2) is 4.98 Å². The van der Waals surface area contributed by atoms with E-state index in [9.17, 15) is 4.79 Å². The third-order valence-electron chi connectivity index (χ3n) is 4.52. The zero-order chi connectivity index (χ0) is 20.4. The van der Waals surface area contributed by atoms with Crippen molar-refractivity contribution in [2.24, 2.45) is 10.9 Å². The molecule has 0 aliphatic rings. The average Bonchev–Trinajstić information content (AvgIpc) is 3.11. The molecule has 0 atom stereocenters. The normalized spacial score (nSPS) is 11.6. The maximum absolute atomic E-state index is 13.1. The number of fused-ring (bicyclic) bond motifs is 1. The Bertz CT molecular complexity index is 1230. The molecule has 144 valence electrons. The lowest BCUT2D eigenvalue weighted by molar-refractivity contribution is -0.110. The van der Waals surface area contributed by atoms with Gasteiger partial charge < -0.3 is 11.2 Å². The largest absolute Gasteiger partial charge is 0.322 e. The van der Waals surface area contributed by atoms with Gasteiger partial charge in [0.2, 0.25) is 0 Å². The predicted octanol–water partition coefficient (Wildman–Crippen LogP) is 4.37. The minimum Gasteiger partial charge on any atom is -0.322 e. The van der Waals surface area contributed by atoms with Crippen molar-refractivity contribution in [3.8, 4) is 11.3 Å². The second-order valence-corrected chi connectivity index (χ2v) is 7.37. The summed E-state index contributed by atoms with van der Waals surface area (Å²) in [6, 6.07) is 21.0. The van der Waals surface area contributed by atoms with Crippen LogP contribution in [0.4, 0.5) is 5.69 Å². The Morgan fingerprint density at radius 1 is 1.10 bits per heavy atom. The number of imidazole rings is 1. The number of nitrogens with zero attached hydrogens (tertiary/aromatic N) is 3. The van der Waals surface area contributed by atoms with Crippen molar-refractivity contribution in [3.63, 3.8) is 0 Å². The van der Waals surface area contributed by atoms with Crippen molar-refractivity contribution in [3.05, 3.63) is 88.7 Å². The van der Waals surface area contributed by atoms with Crippen LogP contribution in [0.15, 0.2) is 82.5 Å². The van der Waals surface area contributed by atoms with Gasteiger partial charge in [-0.2, -0.15) is 5.10 Å². The van der Waals surface area contributed by atoms with Gasteiger partial charge >= 0.3 is 0 Å². The number of nitrogens with two attached hydrogens (primary N) is 1. The number of hydrogen-bond acceptors (Lipinski definition) is 4. The first-order valence-corrected chi connectivity index (χ1v) is 9.76. The monoisotopic (exact) mass is 447 g/mol. The Hall–Kier alpha value is -3.45. The standard InChI is InChI=1S/C22H18BrN5O/c1-14-10-11-17(16(23)13-14)25-22(29)20(27-24)21-19(15-7-3-2-4-8-15)26-18-9-5-6-12-28(18)21/h2-13H,24H2,1H3,(H,25,29)/b27-20-. The summed E-state index contributed by atoms with van der Waals surface area (Å²) in [5.41, 5.74) is 4.56. The first-order chi connectivity index (χ1) is 14.1. The summed E-state index contributed by atoms with van der Waals surface area (Å²) in [5, 5.41) is 6.72. The van der Waals surface area contributed by atoms with E-state index in [4.69, 9.17) is 10.8 Å². The SMILES string of the molecule is Cc1ccc(NC(=O)/C(=N\N)c2c(-c3ccccc3)nc3ccccn23)c(Br)c1. The number of hydrazone groups is 1. The molecule has 0 spiro atoms. The Labute approximate surface area is 176 Å². The topological polar surface area (TPSA) is 84.8 Å². The summed E-state index contributed by atoms with van der Waals surface area (Å²) >= 11 is 3.48. The number of carbonyl (C=O) groups is 1. The first kappa shape index (κ1) is 18.9. The molecule has 0 fully saturated rings. The zero-order valence-electron chi connectivity index (χ0n) is 15.6. The van der Waals surface area contributed by atoms with E-state index in [1.54, 1.807) is 0 Å². The summed E-state index contributed by atoms with van der Waals surface area (Å²) < 4.78 is 2.60. The van der Waals surface area contributed by atoms with E-state index >= 15 is 0 Å². The molecule has 2 aromatic heterocycles. The maximum atomic E-state index is 13.1. The number of rotatable bonds is 4. The first-order valence-electron chi connectivity index (χ1n) is 8.96. The third kappa shape index (κ3) is 3.64. The molecular formula is C22H18BrN5O. The minimum atomic E-state index is -0.417. The van der Waals surface area contributed by atoms with Crippen LogP contribution in [0, 0.1) is 6.92 Å². The molecular weight excluding hydrogens is 430 g/mol. The van der Waals surface area contributed by atoms with Crippen molar-refractivity contribution in [1.29, 1.82) is 0 Å². The fourth-order valence-electron chi connectivity index (χ4n) is 3.15. The second-order valence-electron chi connectivity index (χ2n) is 6.52. The molecule has 0 aliphatic carbocycles. The van der Waals surface area contributed by atoms with Crippen molar-refractivity contribution in [2.45, 2.75) is 6.92 Å². The Balaban J connectivity index is 1.82. The van der Waals surface area contributed by atoms with Gasteiger partial charge in [0.1, 0.15) is 11.3 Å². The van der Waals surface area contributed by atoms with Crippen LogP contribution in [-0.4, -0.2) is 21.0 Å². The maximum Gasteiger partial charge on any atom is 0.278 e. The molecule has 0 bridgehead atoms. The summed E-state index contributed by atoms with van der Waals surface area (Å²) in [6.45, 7) is 1.98. The fourth-order valence-corrected chi connectivity index (χ4v) is 3.74. The van der Waals surface area contributed by atoms with E-state index < -0.39 is 5.91 Å². The molecule has 4 aromatic rings. The number of aryl methyl sites for hydroxylation is 1. The molecule has 3 N–H and O–H groups in total. The van der Waals surface area contributed by atoms with Crippen LogP contribution in [0.3, 0.4) is 0 Å². The van der Waals surface area contributed by atoms with E-state index in [2.05, 4.69) is 26.3 Å². The van der Waals surface area contributed by atoms with Gasteiger partial charge in [-0.05, 0) is 52.7 Å². The Morgan fingerprint density at radius 3 is 2.59 bits per heavy atom. The van der Waals surface area contributed by atoms with Gasteiger partial charge in [0.25, 0.3) is 5.91 Å². The summed E-state index contributed by atoms with van der Waals surface area (Å²) in [5.74, 6) is 5.28. The number of anilines is 1. The van der Waals surface area contributed by atoms with Crippen LogP contribution in [0.5, 0.6) is 0 Å². The minimum absolute atomic E-state index is 0.0926. The molecule has 6 nitrogen and oxygen atoms in total. The molecule has 0 saturated carbocycles. The summed E-state index contributed by atoms with van der Waals surface area (Å²) in [6.07, 6.45) is 1.84. The van der Waals surface area contributed by atoms with E-state index in [1.165, 1.54) is 0 Å². The highest BCUT2D eigenvalue weighted by Crippen LogP contribution is 2.27. The third-order valence-corrected chi connectivity index (χ3v) is 5.17. The molecule has 1 amide bonds. The molecule has 0 saturated heterocycles. The highest BCUT2D eigenvalue weighted by Gasteiger charge is 2.24. The van der Waals surface area contributed by atoms with Crippen molar-refractivity contribution < 1.29 is 4.79 Å². The lowest BCUT2D eigenvalue weighted by Crippen LogP contribution is -2.27. The van der Waals surface area contributed by atoms with Crippen LogP contribution >= 0.6 is 15.9 Å². The van der Waals surface area contributed by atoms with Crippen LogP contribution in [0.1, 0.15) is 11.3 Å². The Kier molecular flexibility index (Phi) is 5.14. The van der Waals surface area contributed by atoms with E-state index in [-0.39, 0.29) is 5.71 Å². The van der Waals surface area contributed by atoms with E-state index in [1.807, 2.05) is 84.3 Å². The average molecular weight is 448 g/mol. The molecule has 7 heteroatoms. The molecule has 0 unspecified atom stereocenters. The predicted molar refractivity (Wildman–Crippen MR) is 119 cm³/mol. The number of carbonyl (C=O) groups excluding carboxylic acids is 1. The summed E-state index contributed by atoms with van der Waals surface area (Å²) in [4.78, 5) is 17.8. The number of amides is 1. The van der Waals surface area contributed by atoms with Crippen molar-refractivity contribution in [2.75, 3.05) is 5.32 Å². The van der Waals surface area contributed by atoms with Gasteiger partial charge in [-0.3, -0.25) is 9.20 Å². The van der Waals surface area contributed by atoms with Crippen LogP contribution < -0.4 is 11.2 Å². The Morgan fingerprint density at radius 2 is 1.86 bits per heavy atom. The number of hydrogen-bond donors (Lipinski definition) is 2. The molecule has 29 heavy (non-hydrogen) atoms. The lowest BCUT2D eigenvalue weighted by atomic mass is 10.1. The van der Waals surface area contributed by atoms with Gasteiger partial charge in [-0.15, -0.1) is 0 Å². The number of aromatic nitrogens is 2. The van der Waals surface area contributed by atoms with E-state index in [0.717, 1.165) is 15.6 Å². The number of benzene rings is 2. The summed E-state index contributed by atoms with van der Waals surface area (Å²) in [7, 11) is 0. The van der Waals surface area contributed by atoms with Crippen molar-refractivity contribution in [1.82, 2.24) is 9.38 Å². The number of halogens is 1. The highest BCUT2D eigenvalue weighted by molar-refractivity contribution is 9.10. The smallest absolute Gasteiger partial charge is 0.278 e. The van der Waals surface area contributed by atoms with E-state index in [0.29, 0.717) is 22.7 Å². The van der Waals surface area contributed by atoms with Crippen LogP contribution in [-0.2, 0) is 4.79 Å². The van der Waals surface area contributed by atoms with Gasteiger partial charge in [-0.1, -0.05) is 42.5 Å². The van der Waals surface area contributed by atoms with Crippen molar-refractivity contribution >= 4 is 38.9 Å². The van der Waals surface area contributed by atoms with Crippen LogP contribution in [0.2, 0.25) is 0 Å². The highest BCUT2D eigenvalue weighted by atomic mass is 79.9. The molecule has 0 radical (unpaired) electrons. The van der Waals surface area contributed by atoms with Crippen LogP contribution in [0.25, 0.3) is 16.9 Å². The number of nitrogens with one attached hydrogen (secondary N) is 1. The molecule has 2 aromatic carbocycles. The second kappa shape index (κ2) is 7.89. The van der Waals surface area contributed by atoms with Gasteiger partial charge in [0, 0.05) is 16.2 Å².